The molecule has 2 atom stereocenters. The highest BCUT2D eigenvalue weighted by Gasteiger charge is 2.17. The van der Waals surface area contributed by atoms with Gasteiger partial charge in [0.2, 0.25) is 0 Å². The maximum absolute atomic E-state index is 9.40. The van der Waals surface area contributed by atoms with Gasteiger partial charge in [-0.25, -0.2) is 4.98 Å². The van der Waals surface area contributed by atoms with Gasteiger partial charge in [0.15, 0.2) is 0 Å². The van der Waals surface area contributed by atoms with Gasteiger partial charge in [0.05, 0.1) is 12.3 Å². The van der Waals surface area contributed by atoms with Gasteiger partial charge in [-0.3, -0.25) is 4.99 Å². The molecule has 0 unspecified atom stereocenters. The van der Waals surface area contributed by atoms with Crippen LogP contribution >= 0.6 is 11.3 Å². The molecule has 2 aromatic heterocycles. The Morgan fingerprint density at radius 1 is 1.26 bits per heavy atom. The van der Waals surface area contributed by atoms with Gasteiger partial charge in [-0.1, -0.05) is 30.3 Å². The molecule has 3 rings (SSSR count). The normalized spacial score (nSPS) is 13.7. The molecule has 23 heavy (non-hydrogen) atoms. The van der Waals surface area contributed by atoms with Crippen LogP contribution in [0, 0.1) is 18.3 Å². The summed E-state index contributed by atoms with van der Waals surface area (Å²) in [7, 11) is 0. The number of aromatic nitrogens is 1. The maximum atomic E-state index is 9.40. The van der Waals surface area contributed by atoms with E-state index in [-0.39, 0.29) is 6.04 Å². The molecule has 0 fully saturated rings. The van der Waals surface area contributed by atoms with Crippen molar-refractivity contribution >= 4 is 17.6 Å². The van der Waals surface area contributed by atoms with Crippen molar-refractivity contribution in [2.45, 2.75) is 18.9 Å². The third-order valence-electron chi connectivity index (χ3n) is 3.35. The second-order valence-corrected chi connectivity index (χ2v) is 5.95. The van der Waals surface area contributed by atoms with E-state index < -0.39 is 5.92 Å². The number of rotatable bonds is 5. The highest BCUT2D eigenvalue weighted by Crippen LogP contribution is 2.27. The van der Waals surface area contributed by atoms with Gasteiger partial charge < -0.3 is 4.42 Å². The Morgan fingerprint density at radius 3 is 2.70 bits per heavy atom. The topological polar surface area (TPSA) is 62.2 Å². The summed E-state index contributed by atoms with van der Waals surface area (Å²) in [5.41, 5.74) is 1.94. The highest BCUT2D eigenvalue weighted by atomic mass is 32.1. The number of hydrogen-bond donors (Lipinski definition) is 0. The minimum Gasteiger partial charge on any atom is -0.467 e. The van der Waals surface area contributed by atoms with E-state index in [4.69, 9.17) is 4.42 Å². The van der Waals surface area contributed by atoms with E-state index in [1.54, 1.807) is 12.5 Å². The number of hydrogen-bond acceptors (Lipinski definition) is 5. The van der Waals surface area contributed by atoms with Gasteiger partial charge in [-0.05, 0) is 24.6 Å². The van der Waals surface area contributed by atoms with Crippen LogP contribution in [-0.2, 0) is 0 Å². The van der Waals surface area contributed by atoms with E-state index in [0.29, 0.717) is 0 Å². The Morgan fingerprint density at radius 2 is 2.09 bits per heavy atom. The lowest BCUT2D eigenvalue weighted by Gasteiger charge is -2.10. The Kier molecular flexibility index (Phi) is 4.65. The number of nitriles is 1. The van der Waals surface area contributed by atoms with Crippen LogP contribution in [0.4, 0.5) is 0 Å². The van der Waals surface area contributed by atoms with E-state index in [1.165, 1.54) is 11.3 Å². The molecule has 0 spiro atoms. The molecule has 0 aliphatic rings. The first kappa shape index (κ1) is 15.2. The standard InChI is InChI=1S/C18H15N3OS/c1-13-12-23-18(21-13)15(10-19)11-20-17(16-8-5-9-22-16)14-6-3-2-4-7-14/h2-9,11-12,15,17H,1H3/t15-,17+/m0/s1. The molecule has 0 saturated heterocycles. The SMILES string of the molecule is Cc1csc([C@@H](C#N)C=N[C@H](c2ccccc2)c2ccco2)n1. The summed E-state index contributed by atoms with van der Waals surface area (Å²) in [4.78, 5) is 9.00. The van der Waals surface area contributed by atoms with Gasteiger partial charge in [0.1, 0.15) is 22.7 Å². The van der Waals surface area contributed by atoms with Crippen molar-refractivity contribution in [1.29, 1.82) is 5.26 Å². The third kappa shape index (κ3) is 3.55. The number of aliphatic imine (C=N–C) groups is 1. The summed E-state index contributed by atoms with van der Waals surface area (Å²) in [5, 5.41) is 12.1. The van der Waals surface area contributed by atoms with E-state index in [9.17, 15) is 5.26 Å². The van der Waals surface area contributed by atoms with Gasteiger partial charge >= 0.3 is 0 Å². The van der Waals surface area contributed by atoms with Gasteiger partial charge in [-0.2, -0.15) is 5.26 Å². The fourth-order valence-corrected chi connectivity index (χ4v) is 3.05. The maximum Gasteiger partial charge on any atom is 0.133 e. The number of thiazole rings is 1. The Labute approximate surface area is 138 Å². The zero-order chi connectivity index (χ0) is 16.1. The van der Waals surface area contributed by atoms with Crippen LogP contribution in [0.1, 0.15) is 34.0 Å². The average molecular weight is 321 g/mol. The molecule has 0 bridgehead atoms. The fourth-order valence-electron chi connectivity index (χ4n) is 2.25. The summed E-state index contributed by atoms with van der Waals surface area (Å²) in [6, 6.07) is 15.6. The number of furan rings is 1. The monoisotopic (exact) mass is 321 g/mol. The van der Waals surface area contributed by atoms with Crippen molar-refractivity contribution in [3.8, 4) is 6.07 Å². The lowest BCUT2D eigenvalue weighted by molar-refractivity contribution is 0.491. The molecular formula is C18H15N3OS. The van der Waals surface area contributed by atoms with Crippen molar-refractivity contribution in [3.05, 3.63) is 76.1 Å². The fraction of sp³-hybridized carbons (Fsp3) is 0.167. The molecule has 0 aliphatic heterocycles. The van der Waals surface area contributed by atoms with E-state index in [2.05, 4.69) is 16.0 Å². The van der Waals surface area contributed by atoms with E-state index in [1.807, 2.05) is 54.8 Å². The van der Waals surface area contributed by atoms with Crippen LogP contribution in [0.25, 0.3) is 0 Å². The average Bonchev–Trinajstić information content (AvgIpc) is 3.24. The highest BCUT2D eigenvalue weighted by molar-refractivity contribution is 7.09. The molecule has 0 N–H and O–H groups in total. The minimum atomic E-state index is -0.449. The van der Waals surface area contributed by atoms with Crippen LogP contribution < -0.4 is 0 Å². The van der Waals surface area contributed by atoms with Crippen LogP contribution in [0.5, 0.6) is 0 Å². The van der Waals surface area contributed by atoms with Crippen molar-refractivity contribution < 1.29 is 4.42 Å². The molecule has 0 saturated carbocycles. The van der Waals surface area contributed by atoms with Crippen molar-refractivity contribution in [3.63, 3.8) is 0 Å². The molecule has 4 nitrogen and oxygen atoms in total. The second kappa shape index (κ2) is 7.03. The molecular weight excluding hydrogens is 306 g/mol. The van der Waals surface area contributed by atoms with Crippen LogP contribution in [0.3, 0.4) is 0 Å². The van der Waals surface area contributed by atoms with Crippen LogP contribution in [0.2, 0.25) is 0 Å². The first-order valence-electron chi connectivity index (χ1n) is 7.21. The summed E-state index contributed by atoms with van der Waals surface area (Å²) in [5.74, 6) is 0.300. The van der Waals surface area contributed by atoms with Crippen molar-refractivity contribution in [2.24, 2.45) is 4.99 Å². The zero-order valence-corrected chi connectivity index (χ0v) is 13.4. The number of benzene rings is 1. The number of nitrogens with zero attached hydrogens (tertiary/aromatic N) is 3. The molecule has 5 heteroatoms. The Balaban J connectivity index is 1.91. The van der Waals surface area contributed by atoms with E-state index >= 15 is 0 Å². The predicted molar refractivity (Wildman–Crippen MR) is 90.7 cm³/mol. The molecule has 0 radical (unpaired) electrons. The van der Waals surface area contributed by atoms with Crippen LogP contribution in [0.15, 0.2) is 63.5 Å². The first-order valence-corrected chi connectivity index (χ1v) is 8.09. The Hall–Kier alpha value is -2.71. The van der Waals surface area contributed by atoms with E-state index in [0.717, 1.165) is 22.0 Å². The van der Waals surface area contributed by atoms with Gasteiger partial charge in [0.25, 0.3) is 0 Å². The lowest BCUT2D eigenvalue weighted by atomic mass is 10.1. The van der Waals surface area contributed by atoms with Crippen molar-refractivity contribution in [2.75, 3.05) is 0 Å². The minimum absolute atomic E-state index is 0.261. The third-order valence-corrected chi connectivity index (χ3v) is 4.40. The molecule has 0 amide bonds. The molecule has 0 aliphatic carbocycles. The van der Waals surface area contributed by atoms with Crippen LogP contribution in [-0.4, -0.2) is 11.2 Å². The first-order chi connectivity index (χ1) is 11.3. The number of aryl methyl sites for hydroxylation is 1. The summed E-state index contributed by atoms with van der Waals surface area (Å²) in [6.45, 7) is 1.92. The largest absolute Gasteiger partial charge is 0.467 e. The lowest BCUT2D eigenvalue weighted by Crippen LogP contribution is -2.02. The quantitative estimate of drug-likeness (QED) is 0.649. The zero-order valence-electron chi connectivity index (χ0n) is 12.6. The molecule has 1 aromatic carbocycles. The van der Waals surface area contributed by atoms with Crippen molar-refractivity contribution in [1.82, 2.24) is 4.98 Å². The summed E-state index contributed by atoms with van der Waals surface area (Å²) >= 11 is 1.48. The predicted octanol–water partition coefficient (Wildman–Crippen LogP) is 4.51. The second-order valence-electron chi connectivity index (χ2n) is 5.06. The summed E-state index contributed by atoms with van der Waals surface area (Å²) < 4.78 is 5.52. The molecule has 114 valence electrons. The van der Waals surface area contributed by atoms with Gasteiger partial charge in [0, 0.05) is 17.3 Å². The molecule has 3 aromatic rings. The van der Waals surface area contributed by atoms with Gasteiger partial charge in [-0.15, -0.1) is 11.3 Å². The summed E-state index contributed by atoms with van der Waals surface area (Å²) in [6.07, 6.45) is 3.30. The smallest absolute Gasteiger partial charge is 0.133 e. The Bertz CT molecular complexity index is 816. The molecule has 2 heterocycles.